The molecule has 16 heavy (non-hydrogen) atoms. The molecule has 0 unspecified atom stereocenters. The smallest absolute Gasteiger partial charge is 0.248 e. The predicted molar refractivity (Wildman–Crippen MR) is 64.7 cm³/mol. The molecule has 2 heterocycles. The zero-order valence-electron chi connectivity index (χ0n) is 10.1. The normalized spacial score (nSPS) is 15.6. The number of hydrogen-bond donors (Lipinski definition) is 0. The molecule has 2 heteroatoms. The average molecular weight is 216 g/mol. The lowest BCUT2D eigenvalue weighted by Gasteiger charge is -2.18. The van der Waals surface area contributed by atoms with Gasteiger partial charge in [0.05, 0.1) is 0 Å². The second kappa shape index (κ2) is 4.12. The molecule has 0 saturated carbocycles. The Hall–Kier alpha value is -1.57. The summed E-state index contributed by atoms with van der Waals surface area (Å²) in [5.41, 5.74) is 1.18. The van der Waals surface area contributed by atoms with E-state index in [1.165, 1.54) is 0 Å². The molecule has 2 nitrogen and oxygen atoms in total. The van der Waals surface area contributed by atoms with Gasteiger partial charge in [0, 0.05) is 32.9 Å². The first-order valence-corrected chi connectivity index (χ1v) is 5.60. The van der Waals surface area contributed by atoms with E-state index in [0.717, 1.165) is 11.5 Å². The van der Waals surface area contributed by atoms with E-state index in [-0.39, 0.29) is 5.54 Å². The molecule has 0 atom stereocenters. The van der Waals surface area contributed by atoms with E-state index in [2.05, 4.69) is 37.6 Å². The van der Waals surface area contributed by atoms with Gasteiger partial charge in [0.15, 0.2) is 17.5 Å². The van der Waals surface area contributed by atoms with Crippen molar-refractivity contribution in [1.29, 1.82) is 0 Å². The summed E-state index contributed by atoms with van der Waals surface area (Å²) in [7, 11) is 0. The summed E-state index contributed by atoms with van der Waals surface area (Å²) < 4.78 is 7.89. The van der Waals surface area contributed by atoms with Crippen LogP contribution in [0.15, 0.2) is 42.6 Å². The highest BCUT2D eigenvalue weighted by atomic mass is 16.5. The Bertz CT molecular complexity index is 438. The Kier molecular flexibility index (Phi) is 2.82. The molecular formula is C14H18NO+. The summed E-state index contributed by atoms with van der Waals surface area (Å²) >= 11 is 0. The minimum absolute atomic E-state index is 0.0575. The summed E-state index contributed by atoms with van der Waals surface area (Å²) in [6, 6.07) is 6.18. The number of allylic oxidation sites excluding steroid dienone is 2. The van der Waals surface area contributed by atoms with Crippen LogP contribution in [-0.2, 0) is 10.3 Å². The number of hydrogen-bond acceptors (Lipinski definition) is 1. The molecule has 0 radical (unpaired) electrons. The Balaban J connectivity index is 2.48. The third-order valence-electron chi connectivity index (χ3n) is 2.55. The fraction of sp³-hybridized carbons (Fsp3) is 0.357. The van der Waals surface area contributed by atoms with Crippen LogP contribution < -0.4 is 4.57 Å². The lowest BCUT2D eigenvalue weighted by molar-refractivity contribution is -0.756. The summed E-state index contributed by atoms with van der Waals surface area (Å²) in [6.45, 7) is 7.23. The molecule has 2 rings (SSSR count). The van der Waals surface area contributed by atoms with E-state index in [9.17, 15) is 0 Å². The number of pyridine rings is 1. The van der Waals surface area contributed by atoms with Crippen molar-refractivity contribution in [2.75, 3.05) is 6.61 Å². The fourth-order valence-electron chi connectivity index (χ4n) is 1.79. The molecule has 1 aromatic rings. The van der Waals surface area contributed by atoms with Crippen molar-refractivity contribution < 1.29 is 9.30 Å². The van der Waals surface area contributed by atoms with Crippen LogP contribution in [0, 0.1) is 0 Å². The Morgan fingerprint density at radius 1 is 1.25 bits per heavy atom. The first-order valence-electron chi connectivity index (χ1n) is 5.60. The summed E-state index contributed by atoms with van der Waals surface area (Å²) in [6.07, 6.45) is 8.16. The lowest BCUT2D eigenvalue weighted by Crippen LogP contribution is -2.52. The van der Waals surface area contributed by atoms with E-state index in [1.54, 1.807) is 0 Å². The van der Waals surface area contributed by atoms with E-state index in [4.69, 9.17) is 4.74 Å². The number of rotatable bonds is 1. The minimum atomic E-state index is 0.0575. The van der Waals surface area contributed by atoms with Crippen molar-refractivity contribution in [3.8, 4) is 0 Å². The number of ether oxygens (including phenoxy) is 1. The molecule has 1 aliphatic heterocycles. The minimum Gasteiger partial charge on any atom is -0.483 e. The number of aromatic nitrogens is 1. The molecule has 0 aromatic carbocycles. The quantitative estimate of drug-likeness (QED) is 0.658. The van der Waals surface area contributed by atoms with Gasteiger partial charge in [0.1, 0.15) is 6.61 Å². The maximum Gasteiger partial charge on any atom is 0.248 e. The highest BCUT2D eigenvalue weighted by Crippen LogP contribution is 2.17. The van der Waals surface area contributed by atoms with Crippen molar-refractivity contribution in [2.45, 2.75) is 26.3 Å². The maximum atomic E-state index is 5.65. The van der Waals surface area contributed by atoms with Crippen molar-refractivity contribution in [1.82, 2.24) is 0 Å². The molecular weight excluding hydrogens is 198 g/mol. The van der Waals surface area contributed by atoms with Crippen molar-refractivity contribution >= 4 is 5.76 Å². The van der Waals surface area contributed by atoms with Crippen molar-refractivity contribution in [3.63, 3.8) is 0 Å². The molecule has 84 valence electrons. The molecule has 0 N–H and O–H groups in total. The van der Waals surface area contributed by atoms with Gasteiger partial charge in [0.25, 0.3) is 0 Å². The average Bonchev–Trinajstić information content (AvgIpc) is 2.29. The van der Waals surface area contributed by atoms with Crippen LogP contribution in [0.2, 0.25) is 0 Å². The van der Waals surface area contributed by atoms with E-state index < -0.39 is 0 Å². The third-order valence-corrected chi connectivity index (χ3v) is 2.55. The first-order chi connectivity index (χ1) is 7.59. The van der Waals surface area contributed by atoms with Gasteiger partial charge in [-0.1, -0.05) is 6.08 Å². The molecule has 0 bridgehead atoms. The summed E-state index contributed by atoms with van der Waals surface area (Å²) in [4.78, 5) is 0. The van der Waals surface area contributed by atoms with Crippen LogP contribution in [0.25, 0.3) is 5.76 Å². The molecule has 0 amide bonds. The predicted octanol–water partition coefficient (Wildman–Crippen LogP) is 2.66. The van der Waals surface area contributed by atoms with Gasteiger partial charge in [-0.3, -0.25) is 0 Å². The SMILES string of the molecule is CC(C)(C)[n+]1ccccc1C1=CC=CCO1. The topological polar surface area (TPSA) is 13.1 Å². The van der Waals surface area contributed by atoms with Crippen LogP contribution in [0.3, 0.4) is 0 Å². The maximum absolute atomic E-state index is 5.65. The van der Waals surface area contributed by atoms with Crippen LogP contribution in [0.4, 0.5) is 0 Å². The largest absolute Gasteiger partial charge is 0.483 e. The monoisotopic (exact) mass is 216 g/mol. The molecule has 1 aromatic heterocycles. The zero-order chi connectivity index (χ0) is 11.6. The Labute approximate surface area is 96.9 Å². The van der Waals surface area contributed by atoms with Crippen LogP contribution >= 0.6 is 0 Å². The Morgan fingerprint density at radius 2 is 2.06 bits per heavy atom. The molecule has 0 saturated heterocycles. The molecule has 0 aliphatic carbocycles. The van der Waals surface area contributed by atoms with Gasteiger partial charge in [-0.2, -0.15) is 4.57 Å². The standard InChI is InChI=1S/C14H18NO/c1-14(2,3)15-10-6-4-8-12(15)13-9-5-7-11-16-13/h4-10H,11H2,1-3H3/q+1. The fourth-order valence-corrected chi connectivity index (χ4v) is 1.79. The van der Waals surface area contributed by atoms with Gasteiger partial charge < -0.3 is 4.74 Å². The van der Waals surface area contributed by atoms with Crippen LogP contribution in [0.1, 0.15) is 26.5 Å². The van der Waals surface area contributed by atoms with Gasteiger partial charge in [-0.25, -0.2) is 0 Å². The van der Waals surface area contributed by atoms with Crippen LogP contribution in [0.5, 0.6) is 0 Å². The number of nitrogens with zero attached hydrogens (tertiary/aromatic N) is 1. The van der Waals surface area contributed by atoms with Gasteiger partial charge in [0.2, 0.25) is 5.69 Å². The van der Waals surface area contributed by atoms with Gasteiger partial charge in [-0.05, 0) is 18.2 Å². The highest BCUT2D eigenvalue weighted by Gasteiger charge is 2.27. The van der Waals surface area contributed by atoms with E-state index in [1.807, 2.05) is 30.4 Å². The van der Waals surface area contributed by atoms with E-state index in [0.29, 0.717) is 6.61 Å². The van der Waals surface area contributed by atoms with E-state index >= 15 is 0 Å². The highest BCUT2D eigenvalue weighted by molar-refractivity contribution is 5.57. The first kappa shape index (κ1) is 10.9. The van der Waals surface area contributed by atoms with Crippen LogP contribution in [-0.4, -0.2) is 6.61 Å². The lowest BCUT2D eigenvalue weighted by atomic mass is 10.1. The second-order valence-corrected chi connectivity index (χ2v) is 4.90. The molecule has 0 fully saturated rings. The third kappa shape index (κ3) is 2.16. The van der Waals surface area contributed by atoms with Gasteiger partial charge >= 0.3 is 0 Å². The Morgan fingerprint density at radius 3 is 2.69 bits per heavy atom. The van der Waals surface area contributed by atoms with Gasteiger partial charge in [-0.15, -0.1) is 0 Å². The molecule has 0 spiro atoms. The van der Waals surface area contributed by atoms with Crippen molar-refractivity contribution in [3.05, 3.63) is 48.3 Å². The second-order valence-electron chi connectivity index (χ2n) is 4.90. The summed E-state index contributed by atoms with van der Waals surface area (Å²) in [5, 5.41) is 0. The molecule has 1 aliphatic rings. The zero-order valence-corrected chi connectivity index (χ0v) is 10.1. The summed E-state index contributed by atoms with van der Waals surface area (Å²) in [5.74, 6) is 0.943. The van der Waals surface area contributed by atoms with Crippen molar-refractivity contribution in [2.24, 2.45) is 0 Å².